The minimum atomic E-state index is 0.258. The standard InChI is InChI=1S/C15H20Cl2N2O/c16-13-6-5-12(11-14(13)17)3-1-4-15(20)19-9-2-7-18-8-10-19/h5-6,11,18H,1-4,7-10H2. The Bertz CT molecular complexity index is 457. The molecule has 2 rings (SSSR count). The fourth-order valence-electron chi connectivity index (χ4n) is 2.39. The van der Waals surface area contributed by atoms with Gasteiger partial charge in [-0.25, -0.2) is 0 Å². The Kier molecular flexibility index (Phi) is 6.14. The van der Waals surface area contributed by atoms with Crippen molar-refractivity contribution in [2.24, 2.45) is 0 Å². The lowest BCUT2D eigenvalue weighted by Crippen LogP contribution is -2.34. The largest absolute Gasteiger partial charge is 0.341 e. The summed E-state index contributed by atoms with van der Waals surface area (Å²) in [5.74, 6) is 0.258. The highest BCUT2D eigenvalue weighted by Gasteiger charge is 2.14. The molecule has 0 aliphatic carbocycles. The zero-order chi connectivity index (χ0) is 14.4. The fraction of sp³-hybridized carbons (Fsp3) is 0.533. The van der Waals surface area contributed by atoms with Crippen molar-refractivity contribution in [3.05, 3.63) is 33.8 Å². The van der Waals surface area contributed by atoms with E-state index in [1.807, 2.05) is 23.1 Å². The number of hydrogen-bond acceptors (Lipinski definition) is 2. The molecule has 1 fully saturated rings. The van der Waals surface area contributed by atoms with E-state index in [-0.39, 0.29) is 5.91 Å². The van der Waals surface area contributed by atoms with E-state index in [1.54, 1.807) is 0 Å². The van der Waals surface area contributed by atoms with Crippen LogP contribution in [0.5, 0.6) is 0 Å². The van der Waals surface area contributed by atoms with Crippen LogP contribution in [0.4, 0.5) is 0 Å². The van der Waals surface area contributed by atoms with Gasteiger partial charge in [-0.3, -0.25) is 4.79 Å². The maximum absolute atomic E-state index is 12.1. The lowest BCUT2D eigenvalue weighted by Gasteiger charge is -2.19. The molecule has 0 aromatic heterocycles. The highest BCUT2D eigenvalue weighted by molar-refractivity contribution is 6.42. The number of aryl methyl sites for hydroxylation is 1. The Morgan fingerprint density at radius 1 is 1.20 bits per heavy atom. The van der Waals surface area contributed by atoms with Crippen LogP contribution in [0.15, 0.2) is 18.2 Å². The number of halogens is 2. The molecule has 5 heteroatoms. The summed E-state index contributed by atoms with van der Waals surface area (Å²) >= 11 is 11.9. The van der Waals surface area contributed by atoms with Crippen LogP contribution in [-0.2, 0) is 11.2 Å². The van der Waals surface area contributed by atoms with E-state index in [0.29, 0.717) is 16.5 Å². The van der Waals surface area contributed by atoms with Crippen molar-refractivity contribution < 1.29 is 4.79 Å². The van der Waals surface area contributed by atoms with Crippen molar-refractivity contribution in [2.75, 3.05) is 26.2 Å². The molecule has 0 atom stereocenters. The third-order valence-corrected chi connectivity index (χ3v) is 4.27. The summed E-state index contributed by atoms with van der Waals surface area (Å²) in [5.41, 5.74) is 1.13. The summed E-state index contributed by atoms with van der Waals surface area (Å²) in [4.78, 5) is 14.1. The predicted molar refractivity (Wildman–Crippen MR) is 83.5 cm³/mol. The summed E-state index contributed by atoms with van der Waals surface area (Å²) in [5, 5.41) is 4.46. The van der Waals surface area contributed by atoms with Gasteiger partial charge in [-0.15, -0.1) is 0 Å². The Labute approximate surface area is 130 Å². The van der Waals surface area contributed by atoms with Gasteiger partial charge in [-0.05, 0) is 43.5 Å². The smallest absolute Gasteiger partial charge is 0.222 e. The first-order valence-electron chi connectivity index (χ1n) is 7.09. The van der Waals surface area contributed by atoms with Crippen LogP contribution >= 0.6 is 23.2 Å². The molecule has 1 heterocycles. The van der Waals surface area contributed by atoms with Gasteiger partial charge in [0.2, 0.25) is 5.91 Å². The van der Waals surface area contributed by atoms with Gasteiger partial charge in [0.25, 0.3) is 0 Å². The SMILES string of the molecule is O=C(CCCc1ccc(Cl)c(Cl)c1)N1CCCNCC1. The molecule has 1 N–H and O–H groups in total. The van der Waals surface area contributed by atoms with Crippen LogP contribution in [0.1, 0.15) is 24.8 Å². The van der Waals surface area contributed by atoms with Crippen LogP contribution in [-0.4, -0.2) is 37.0 Å². The van der Waals surface area contributed by atoms with Crippen molar-refractivity contribution in [1.82, 2.24) is 10.2 Å². The lowest BCUT2D eigenvalue weighted by atomic mass is 10.1. The predicted octanol–water partition coefficient (Wildman–Crippen LogP) is 3.14. The summed E-state index contributed by atoms with van der Waals surface area (Å²) in [6.45, 7) is 3.61. The van der Waals surface area contributed by atoms with Crippen LogP contribution in [0.25, 0.3) is 0 Å². The number of hydrogen-bond donors (Lipinski definition) is 1. The molecule has 1 aliphatic rings. The van der Waals surface area contributed by atoms with Gasteiger partial charge in [0.1, 0.15) is 0 Å². The van der Waals surface area contributed by atoms with Crippen molar-refractivity contribution in [2.45, 2.75) is 25.7 Å². The third kappa shape index (κ3) is 4.65. The van der Waals surface area contributed by atoms with Crippen molar-refractivity contribution in [3.8, 4) is 0 Å². The van der Waals surface area contributed by atoms with Crippen LogP contribution in [0, 0.1) is 0 Å². The van der Waals surface area contributed by atoms with E-state index in [0.717, 1.165) is 51.0 Å². The van der Waals surface area contributed by atoms with Crippen LogP contribution in [0.2, 0.25) is 10.0 Å². The molecule has 110 valence electrons. The minimum Gasteiger partial charge on any atom is -0.341 e. The van der Waals surface area contributed by atoms with Gasteiger partial charge in [0.15, 0.2) is 0 Å². The molecule has 0 spiro atoms. The Morgan fingerprint density at radius 3 is 2.85 bits per heavy atom. The van der Waals surface area contributed by atoms with E-state index < -0.39 is 0 Å². The topological polar surface area (TPSA) is 32.3 Å². The summed E-state index contributed by atoms with van der Waals surface area (Å²) in [6.07, 6.45) is 3.34. The highest BCUT2D eigenvalue weighted by atomic mass is 35.5. The van der Waals surface area contributed by atoms with Crippen LogP contribution in [0.3, 0.4) is 0 Å². The van der Waals surface area contributed by atoms with E-state index in [9.17, 15) is 4.79 Å². The summed E-state index contributed by atoms with van der Waals surface area (Å²) in [7, 11) is 0. The number of nitrogens with one attached hydrogen (secondary N) is 1. The molecule has 1 aromatic rings. The number of amides is 1. The first kappa shape index (κ1) is 15.6. The highest BCUT2D eigenvalue weighted by Crippen LogP contribution is 2.23. The molecule has 0 saturated carbocycles. The summed E-state index contributed by atoms with van der Waals surface area (Å²) < 4.78 is 0. The monoisotopic (exact) mass is 314 g/mol. The Hall–Kier alpha value is -0.770. The zero-order valence-electron chi connectivity index (χ0n) is 11.5. The van der Waals surface area contributed by atoms with Gasteiger partial charge in [0, 0.05) is 26.1 Å². The normalized spacial score (nSPS) is 16.0. The quantitative estimate of drug-likeness (QED) is 0.926. The zero-order valence-corrected chi connectivity index (χ0v) is 13.0. The lowest BCUT2D eigenvalue weighted by molar-refractivity contribution is -0.131. The number of nitrogens with zero attached hydrogens (tertiary/aromatic N) is 1. The average Bonchev–Trinajstić information content (AvgIpc) is 2.71. The van der Waals surface area contributed by atoms with Crippen LogP contribution < -0.4 is 5.32 Å². The maximum atomic E-state index is 12.1. The number of benzene rings is 1. The first-order valence-corrected chi connectivity index (χ1v) is 7.85. The number of carbonyl (C=O) groups is 1. The molecule has 1 aliphatic heterocycles. The molecule has 0 radical (unpaired) electrons. The van der Waals surface area contributed by atoms with E-state index in [2.05, 4.69) is 5.32 Å². The molecule has 0 unspecified atom stereocenters. The fourth-order valence-corrected chi connectivity index (χ4v) is 2.71. The van der Waals surface area contributed by atoms with Crippen molar-refractivity contribution in [3.63, 3.8) is 0 Å². The first-order chi connectivity index (χ1) is 9.66. The molecule has 0 bridgehead atoms. The second-order valence-electron chi connectivity index (χ2n) is 5.09. The van der Waals surface area contributed by atoms with Crippen molar-refractivity contribution >= 4 is 29.1 Å². The minimum absolute atomic E-state index is 0.258. The average molecular weight is 315 g/mol. The molecule has 1 aromatic carbocycles. The third-order valence-electron chi connectivity index (χ3n) is 3.53. The second kappa shape index (κ2) is 7.87. The molecular formula is C15H20Cl2N2O. The van der Waals surface area contributed by atoms with Gasteiger partial charge < -0.3 is 10.2 Å². The van der Waals surface area contributed by atoms with Gasteiger partial charge in [-0.2, -0.15) is 0 Å². The van der Waals surface area contributed by atoms with Crippen molar-refractivity contribution in [1.29, 1.82) is 0 Å². The van der Waals surface area contributed by atoms with E-state index in [4.69, 9.17) is 23.2 Å². The van der Waals surface area contributed by atoms with Gasteiger partial charge in [-0.1, -0.05) is 29.3 Å². The molecule has 3 nitrogen and oxygen atoms in total. The molecule has 20 heavy (non-hydrogen) atoms. The van der Waals surface area contributed by atoms with E-state index >= 15 is 0 Å². The number of rotatable bonds is 4. The maximum Gasteiger partial charge on any atom is 0.222 e. The Balaban J connectivity index is 1.76. The molecular weight excluding hydrogens is 295 g/mol. The second-order valence-corrected chi connectivity index (χ2v) is 5.90. The Morgan fingerprint density at radius 2 is 2.05 bits per heavy atom. The molecule has 1 saturated heterocycles. The van der Waals surface area contributed by atoms with Gasteiger partial charge in [0.05, 0.1) is 10.0 Å². The van der Waals surface area contributed by atoms with E-state index in [1.165, 1.54) is 0 Å². The number of carbonyl (C=O) groups excluding carboxylic acids is 1. The summed E-state index contributed by atoms with van der Waals surface area (Å²) in [6, 6.07) is 5.65. The van der Waals surface area contributed by atoms with Gasteiger partial charge >= 0.3 is 0 Å². The molecule has 1 amide bonds.